The highest BCUT2D eigenvalue weighted by molar-refractivity contribution is 5.79. The molecule has 0 bridgehead atoms. The number of benzene rings is 1. The van der Waals surface area contributed by atoms with Crippen LogP contribution in [0.1, 0.15) is 29.7 Å². The number of nitrogens with zero attached hydrogens (tertiary/aromatic N) is 2. The number of halogens is 3. The Kier molecular flexibility index (Phi) is 6.00. The van der Waals surface area contributed by atoms with Gasteiger partial charge < -0.3 is 14.2 Å². The van der Waals surface area contributed by atoms with Gasteiger partial charge in [-0.2, -0.15) is 13.2 Å². The number of alkyl halides is 3. The average Bonchev–Trinajstić information content (AvgIpc) is 2.66. The Morgan fingerprint density at radius 3 is 2.48 bits per heavy atom. The first kappa shape index (κ1) is 21.0. The van der Waals surface area contributed by atoms with Gasteiger partial charge in [0, 0.05) is 44.7 Å². The first-order valence-electron chi connectivity index (χ1n) is 9.42. The van der Waals surface area contributed by atoms with Crippen LogP contribution >= 0.6 is 0 Å². The number of likely N-dealkylation sites (tertiary alicyclic amines) is 1. The van der Waals surface area contributed by atoms with Gasteiger partial charge in [0.25, 0.3) is 5.56 Å². The minimum atomic E-state index is -4.43. The van der Waals surface area contributed by atoms with Crippen molar-refractivity contribution >= 4 is 5.91 Å². The van der Waals surface area contributed by atoms with Gasteiger partial charge in [0.1, 0.15) is 11.9 Å². The van der Waals surface area contributed by atoms with Crippen LogP contribution < -0.4 is 10.3 Å². The van der Waals surface area contributed by atoms with Gasteiger partial charge >= 0.3 is 6.18 Å². The summed E-state index contributed by atoms with van der Waals surface area (Å²) in [5.74, 6) is 0.312. The molecule has 0 unspecified atom stereocenters. The van der Waals surface area contributed by atoms with Crippen molar-refractivity contribution < 1.29 is 22.7 Å². The lowest BCUT2D eigenvalue weighted by Gasteiger charge is -2.32. The van der Waals surface area contributed by atoms with Gasteiger partial charge in [-0.1, -0.05) is 18.2 Å². The first-order valence-corrected chi connectivity index (χ1v) is 9.42. The van der Waals surface area contributed by atoms with Crippen LogP contribution in [0.4, 0.5) is 13.2 Å². The van der Waals surface area contributed by atoms with Crippen molar-refractivity contribution in [1.82, 2.24) is 9.47 Å². The highest BCUT2D eigenvalue weighted by Crippen LogP contribution is 2.29. The van der Waals surface area contributed by atoms with E-state index in [1.807, 2.05) is 6.92 Å². The van der Waals surface area contributed by atoms with Crippen molar-refractivity contribution in [3.8, 4) is 5.75 Å². The maximum Gasteiger partial charge on any atom is 0.416 e. The van der Waals surface area contributed by atoms with Crippen molar-refractivity contribution in [2.24, 2.45) is 7.05 Å². The number of piperidine rings is 1. The van der Waals surface area contributed by atoms with Crippen LogP contribution in [0.3, 0.4) is 0 Å². The molecule has 1 aliphatic rings. The number of hydrogen-bond donors (Lipinski definition) is 0. The highest BCUT2D eigenvalue weighted by Gasteiger charge is 2.31. The van der Waals surface area contributed by atoms with Crippen molar-refractivity contribution in [3.05, 3.63) is 63.6 Å². The molecule has 2 aromatic rings. The molecule has 5 nitrogen and oxygen atoms in total. The van der Waals surface area contributed by atoms with E-state index >= 15 is 0 Å². The van der Waals surface area contributed by atoms with E-state index < -0.39 is 11.7 Å². The van der Waals surface area contributed by atoms with E-state index in [-0.39, 0.29) is 24.0 Å². The molecule has 1 saturated heterocycles. The molecule has 1 aromatic carbocycles. The predicted molar refractivity (Wildman–Crippen MR) is 102 cm³/mol. The van der Waals surface area contributed by atoms with Crippen LogP contribution in [0.25, 0.3) is 0 Å². The zero-order valence-corrected chi connectivity index (χ0v) is 16.3. The molecule has 1 amide bonds. The molecule has 0 atom stereocenters. The molecule has 0 saturated carbocycles. The molecule has 0 N–H and O–H groups in total. The summed E-state index contributed by atoms with van der Waals surface area (Å²) in [5, 5.41) is 0. The maximum atomic E-state index is 12.8. The summed E-state index contributed by atoms with van der Waals surface area (Å²) in [6, 6.07) is 8.10. The fourth-order valence-electron chi connectivity index (χ4n) is 3.36. The number of aromatic nitrogens is 1. The van der Waals surface area contributed by atoms with E-state index in [2.05, 4.69) is 0 Å². The quantitative estimate of drug-likeness (QED) is 0.780. The lowest BCUT2D eigenvalue weighted by molar-refractivity contribution is -0.138. The summed E-state index contributed by atoms with van der Waals surface area (Å²) in [7, 11) is 1.69. The molecule has 2 heterocycles. The van der Waals surface area contributed by atoms with Crippen molar-refractivity contribution in [1.29, 1.82) is 0 Å². The van der Waals surface area contributed by atoms with E-state index in [0.717, 1.165) is 17.8 Å². The molecular weight excluding hydrogens is 385 g/mol. The van der Waals surface area contributed by atoms with Crippen LogP contribution in [0.15, 0.2) is 41.2 Å². The summed E-state index contributed by atoms with van der Waals surface area (Å²) in [6.07, 6.45) is -3.40. The fourth-order valence-corrected chi connectivity index (χ4v) is 3.36. The number of hydrogen-bond acceptors (Lipinski definition) is 3. The molecule has 156 valence electrons. The number of pyridine rings is 1. The standard InChI is InChI=1S/C21H23F3N2O3/c1-14-10-18(13-19(27)25(14)2)29-17-6-8-26(9-7-17)20(28)12-15-4-3-5-16(11-15)21(22,23)24/h3-5,10-11,13,17H,6-9,12H2,1-2H3. The van der Waals surface area contributed by atoms with E-state index in [9.17, 15) is 22.8 Å². The molecule has 29 heavy (non-hydrogen) atoms. The third-order valence-corrected chi connectivity index (χ3v) is 5.18. The number of rotatable bonds is 4. The fraction of sp³-hybridized carbons (Fsp3) is 0.429. The van der Waals surface area contributed by atoms with Crippen LogP contribution in [-0.2, 0) is 24.4 Å². The van der Waals surface area contributed by atoms with Gasteiger partial charge in [-0.15, -0.1) is 0 Å². The second kappa shape index (κ2) is 8.31. The topological polar surface area (TPSA) is 51.5 Å². The SMILES string of the molecule is Cc1cc(OC2CCN(C(=O)Cc3cccc(C(F)(F)F)c3)CC2)cc(=O)n1C. The molecule has 3 rings (SSSR count). The van der Waals surface area contributed by atoms with Crippen LogP contribution in [-0.4, -0.2) is 34.6 Å². The number of amides is 1. The maximum absolute atomic E-state index is 12.8. The molecule has 1 fully saturated rings. The van der Waals surface area contributed by atoms with Gasteiger partial charge in [-0.25, -0.2) is 0 Å². The zero-order valence-electron chi connectivity index (χ0n) is 16.3. The Morgan fingerprint density at radius 2 is 1.86 bits per heavy atom. The largest absolute Gasteiger partial charge is 0.490 e. The third kappa shape index (κ3) is 5.19. The predicted octanol–water partition coefficient (Wildman–Crippen LogP) is 3.33. The van der Waals surface area contributed by atoms with Gasteiger partial charge in [-0.3, -0.25) is 9.59 Å². The average molecular weight is 408 g/mol. The number of carbonyl (C=O) groups excluding carboxylic acids is 1. The molecule has 0 spiro atoms. The summed E-state index contributed by atoms with van der Waals surface area (Å²) < 4.78 is 45.9. The van der Waals surface area contributed by atoms with E-state index in [1.54, 1.807) is 18.0 Å². The molecule has 8 heteroatoms. The van der Waals surface area contributed by atoms with Gasteiger partial charge in [-0.05, 0) is 24.6 Å². The van der Waals surface area contributed by atoms with Crippen LogP contribution in [0.2, 0.25) is 0 Å². The summed E-state index contributed by atoms with van der Waals surface area (Å²) in [4.78, 5) is 26.0. The molecule has 1 aliphatic heterocycles. The van der Waals surface area contributed by atoms with Crippen LogP contribution in [0, 0.1) is 6.92 Å². The van der Waals surface area contributed by atoms with E-state index in [0.29, 0.717) is 37.2 Å². The minimum absolute atomic E-state index is 0.0661. The lowest BCUT2D eigenvalue weighted by atomic mass is 10.0. The Morgan fingerprint density at radius 1 is 1.17 bits per heavy atom. The normalized spacial score (nSPS) is 15.4. The van der Waals surface area contributed by atoms with Gasteiger partial charge in [0.2, 0.25) is 5.91 Å². The molecular formula is C21H23F3N2O3. The summed E-state index contributed by atoms with van der Waals surface area (Å²) >= 11 is 0. The van der Waals surface area contributed by atoms with E-state index in [4.69, 9.17) is 4.74 Å². The Bertz CT molecular complexity index is 945. The van der Waals surface area contributed by atoms with Crippen molar-refractivity contribution in [3.63, 3.8) is 0 Å². The van der Waals surface area contributed by atoms with Crippen LogP contribution in [0.5, 0.6) is 5.75 Å². The lowest BCUT2D eigenvalue weighted by Crippen LogP contribution is -2.42. The number of aryl methyl sites for hydroxylation is 1. The van der Waals surface area contributed by atoms with Gasteiger partial charge in [0.05, 0.1) is 12.0 Å². The minimum Gasteiger partial charge on any atom is -0.490 e. The Hall–Kier alpha value is -2.77. The summed E-state index contributed by atoms with van der Waals surface area (Å²) in [6.45, 7) is 2.75. The molecule has 0 radical (unpaired) electrons. The summed E-state index contributed by atoms with van der Waals surface area (Å²) in [5.41, 5.74) is 0.243. The van der Waals surface area contributed by atoms with Crippen molar-refractivity contribution in [2.75, 3.05) is 13.1 Å². The highest BCUT2D eigenvalue weighted by atomic mass is 19.4. The molecule has 0 aliphatic carbocycles. The smallest absolute Gasteiger partial charge is 0.416 e. The Labute approximate surface area is 166 Å². The van der Waals surface area contributed by atoms with Gasteiger partial charge in [0.15, 0.2) is 0 Å². The Balaban J connectivity index is 1.55. The second-order valence-electron chi connectivity index (χ2n) is 7.30. The third-order valence-electron chi connectivity index (χ3n) is 5.18. The van der Waals surface area contributed by atoms with Crippen molar-refractivity contribution in [2.45, 2.75) is 38.5 Å². The number of ether oxygens (including phenoxy) is 1. The molecule has 1 aromatic heterocycles. The van der Waals surface area contributed by atoms with E-state index in [1.165, 1.54) is 22.8 Å². The zero-order chi connectivity index (χ0) is 21.2. The second-order valence-corrected chi connectivity index (χ2v) is 7.30. The number of carbonyl (C=O) groups is 1. The first-order chi connectivity index (χ1) is 13.6. The monoisotopic (exact) mass is 408 g/mol.